The molecule has 2 N–H and O–H groups in total. The fraction of sp³-hybridized carbons (Fsp3) is 0.400. The van der Waals surface area contributed by atoms with Crippen molar-refractivity contribution < 1.29 is 8.42 Å². The first-order valence-electron chi connectivity index (χ1n) is 7.20. The van der Waals surface area contributed by atoms with Crippen LogP contribution in [0.2, 0.25) is 0 Å². The van der Waals surface area contributed by atoms with Gasteiger partial charge in [-0.2, -0.15) is 4.31 Å². The van der Waals surface area contributed by atoms with Crippen LogP contribution in [0.3, 0.4) is 0 Å². The summed E-state index contributed by atoms with van der Waals surface area (Å²) in [5.74, 6) is 0. The Hall–Kier alpha value is -1.21. The van der Waals surface area contributed by atoms with E-state index in [0.29, 0.717) is 18.6 Å². The van der Waals surface area contributed by atoms with Crippen molar-refractivity contribution in [1.29, 1.82) is 0 Å². The molecule has 1 aromatic carbocycles. The predicted molar refractivity (Wildman–Crippen MR) is 89.6 cm³/mol. The molecule has 0 aliphatic carbocycles. The molecule has 0 amide bonds. The van der Waals surface area contributed by atoms with Gasteiger partial charge in [0.1, 0.15) is 4.90 Å². The number of nitrogens with two attached hydrogens (primary N) is 1. The molecule has 1 aliphatic heterocycles. The van der Waals surface area contributed by atoms with Gasteiger partial charge in [0.15, 0.2) is 0 Å². The second-order valence-electron chi connectivity index (χ2n) is 5.33. The van der Waals surface area contributed by atoms with E-state index in [1.54, 1.807) is 22.6 Å². The summed E-state index contributed by atoms with van der Waals surface area (Å²) in [6.45, 7) is 0.894. The van der Waals surface area contributed by atoms with Crippen molar-refractivity contribution in [3.8, 4) is 0 Å². The van der Waals surface area contributed by atoms with Gasteiger partial charge in [0.05, 0.1) is 5.52 Å². The Labute approximate surface area is 137 Å². The van der Waals surface area contributed by atoms with Gasteiger partial charge in [-0.1, -0.05) is 24.6 Å². The van der Waals surface area contributed by atoms with Crippen LogP contribution in [0.4, 0.5) is 0 Å². The molecule has 2 heterocycles. The van der Waals surface area contributed by atoms with Gasteiger partial charge in [0.25, 0.3) is 0 Å². The molecule has 0 spiro atoms. The number of halogens is 1. The zero-order valence-corrected chi connectivity index (χ0v) is 13.8. The lowest BCUT2D eigenvalue weighted by Crippen LogP contribution is -2.47. The van der Waals surface area contributed by atoms with E-state index in [1.165, 1.54) is 0 Å². The highest BCUT2D eigenvalue weighted by Gasteiger charge is 2.33. The number of rotatable bonds is 3. The molecule has 1 saturated heterocycles. The average Bonchev–Trinajstić information content (AvgIpc) is 2.54. The first-order chi connectivity index (χ1) is 10.1. The van der Waals surface area contributed by atoms with Gasteiger partial charge in [-0.05, 0) is 25.0 Å². The lowest BCUT2D eigenvalue weighted by molar-refractivity contribution is 0.258. The summed E-state index contributed by atoms with van der Waals surface area (Å²) >= 11 is 0. The standard InChI is InChI=1S/C15H19N3O2S.ClH/c16-11-13-7-1-2-10-18(13)21(19,20)14-8-3-5-12-6-4-9-17-15(12)14;/h3-6,8-9,13H,1-2,7,10-11,16H2;1H. The topological polar surface area (TPSA) is 76.3 Å². The molecule has 0 radical (unpaired) electrons. The minimum absolute atomic E-state index is 0. The number of nitrogens with zero attached hydrogens (tertiary/aromatic N) is 2. The predicted octanol–water partition coefficient (Wildman–Crippen LogP) is 2.16. The van der Waals surface area contributed by atoms with Crippen LogP contribution in [-0.2, 0) is 10.0 Å². The second-order valence-corrected chi connectivity index (χ2v) is 7.19. The largest absolute Gasteiger partial charge is 0.329 e. The Kier molecular flexibility index (Phi) is 5.39. The lowest BCUT2D eigenvalue weighted by Gasteiger charge is -2.34. The van der Waals surface area contributed by atoms with Crippen molar-refractivity contribution in [3.05, 3.63) is 36.5 Å². The summed E-state index contributed by atoms with van der Waals surface area (Å²) in [7, 11) is -3.56. The molecular formula is C15H20ClN3O2S. The quantitative estimate of drug-likeness (QED) is 0.928. The van der Waals surface area contributed by atoms with E-state index in [1.807, 2.05) is 18.2 Å². The summed E-state index contributed by atoms with van der Waals surface area (Å²) in [6, 6.07) is 8.84. The van der Waals surface area contributed by atoms with Crippen LogP contribution >= 0.6 is 12.4 Å². The molecule has 3 rings (SSSR count). The summed E-state index contributed by atoms with van der Waals surface area (Å²) in [5, 5.41) is 0.833. The summed E-state index contributed by atoms with van der Waals surface area (Å²) < 4.78 is 27.6. The third kappa shape index (κ3) is 2.96. The van der Waals surface area contributed by atoms with Crippen LogP contribution < -0.4 is 5.73 Å². The normalized spacial score (nSPS) is 19.8. The zero-order chi connectivity index (χ0) is 14.9. The number of pyridine rings is 1. The van der Waals surface area contributed by atoms with Gasteiger partial charge >= 0.3 is 0 Å². The Balaban J connectivity index is 0.00000176. The second kappa shape index (κ2) is 6.91. The third-order valence-corrected chi connectivity index (χ3v) is 6.01. The van der Waals surface area contributed by atoms with Gasteiger partial charge in [0, 0.05) is 30.7 Å². The Morgan fingerprint density at radius 3 is 2.77 bits per heavy atom. The zero-order valence-electron chi connectivity index (χ0n) is 12.2. The monoisotopic (exact) mass is 341 g/mol. The molecule has 0 bridgehead atoms. The number of aromatic nitrogens is 1. The van der Waals surface area contributed by atoms with Crippen LogP contribution in [0, 0.1) is 0 Å². The van der Waals surface area contributed by atoms with E-state index in [4.69, 9.17) is 5.73 Å². The molecule has 2 aromatic rings. The number of benzene rings is 1. The summed E-state index contributed by atoms with van der Waals surface area (Å²) in [4.78, 5) is 4.53. The highest BCUT2D eigenvalue weighted by atomic mass is 35.5. The highest BCUT2D eigenvalue weighted by molar-refractivity contribution is 7.89. The van der Waals surface area contributed by atoms with Gasteiger partial charge in [-0.3, -0.25) is 4.98 Å². The van der Waals surface area contributed by atoms with Crippen molar-refractivity contribution in [1.82, 2.24) is 9.29 Å². The minimum Gasteiger partial charge on any atom is -0.329 e. The number of piperidine rings is 1. The van der Waals surface area contributed by atoms with Crippen LogP contribution in [0.1, 0.15) is 19.3 Å². The first kappa shape index (κ1) is 17.1. The van der Waals surface area contributed by atoms with E-state index >= 15 is 0 Å². The van der Waals surface area contributed by atoms with E-state index < -0.39 is 10.0 Å². The molecule has 120 valence electrons. The average molecular weight is 342 g/mol. The number of para-hydroxylation sites is 1. The van der Waals surface area contributed by atoms with Crippen molar-refractivity contribution in [2.24, 2.45) is 5.73 Å². The van der Waals surface area contributed by atoms with Crippen LogP contribution in [0.5, 0.6) is 0 Å². The molecule has 1 aliphatic rings. The molecule has 1 atom stereocenters. The molecule has 22 heavy (non-hydrogen) atoms. The fourth-order valence-corrected chi connectivity index (χ4v) is 4.81. The highest BCUT2D eigenvalue weighted by Crippen LogP contribution is 2.28. The molecule has 0 saturated carbocycles. The number of sulfonamides is 1. The summed E-state index contributed by atoms with van der Waals surface area (Å²) in [5.41, 5.74) is 6.29. The maximum atomic E-state index is 13.0. The molecule has 1 unspecified atom stereocenters. The van der Waals surface area contributed by atoms with Crippen LogP contribution in [0.15, 0.2) is 41.4 Å². The van der Waals surface area contributed by atoms with E-state index in [-0.39, 0.29) is 23.3 Å². The first-order valence-corrected chi connectivity index (χ1v) is 8.64. The minimum atomic E-state index is -3.56. The van der Waals surface area contributed by atoms with Gasteiger partial charge in [-0.15, -0.1) is 12.4 Å². The van der Waals surface area contributed by atoms with Crippen molar-refractivity contribution in [2.75, 3.05) is 13.1 Å². The Bertz CT molecular complexity index is 746. The van der Waals surface area contributed by atoms with Gasteiger partial charge in [0.2, 0.25) is 10.0 Å². The third-order valence-electron chi connectivity index (χ3n) is 4.03. The molecule has 1 aromatic heterocycles. The maximum absolute atomic E-state index is 13.0. The lowest BCUT2D eigenvalue weighted by atomic mass is 10.1. The van der Waals surface area contributed by atoms with Crippen molar-refractivity contribution in [3.63, 3.8) is 0 Å². The van der Waals surface area contributed by atoms with E-state index in [2.05, 4.69) is 4.98 Å². The van der Waals surface area contributed by atoms with Gasteiger partial charge < -0.3 is 5.73 Å². The Morgan fingerprint density at radius 2 is 2.00 bits per heavy atom. The van der Waals surface area contributed by atoms with Crippen LogP contribution in [-0.4, -0.2) is 36.8 Å². The number of fused-ring (bicyclic) bond motifs is 1. The van der Waals surface area contributed by atoms with E-state index in [9.17, 15) is 8.42 Å². The van der Waals surface area contributed by atoms with E-state index in [0.717, 1.165) is 24.6 Å². The SMILES string of the molecule is Cl.NCC1CCCCN1S(=O)(=O)c1cccc2cccnc12. The molecule has 1 fully saturated rings. The van der Waals surface area contributed by atoms with Crippen molar-refractivity contribution >= 4 is 33.3 Å². The van der Waals surface area contributed by atoms with Crippen molar-refractivity contribution in [2.45, 2.75) is 30.2 Å². The van der Waals surface area contributed by atoms with Crippen LogP contribution in [0.25, 0.3) is 10.9 Å². The molecular weight excluding hydrogens is 322 g/mol. The summed E-state index contributed by atoms with van der Waals surface area (Å²) in [6.07, 6.45) is 4.36. The Morgan fingerprint density at radius 1 is 1.23 bits per heavy atom. The number of hydrogen-bond acceptors (Lipinski definition) is 4. The fourth-order valence-electron chi connectivity index (χ4n) is 2.94. The molecule has 5 nitrogen and oxygen atoms in total. The smallest absolute Gasteiger partial charge is 0.245 e. The maximum Gasteiger partial charge on any atom is 0.245 e. The number of hydrogen-bond donors (Lipinski definition) is 1. The molecule has 7 heteroatoms. The van der Waals surface area contributed by atoms with Gasteiger partial charge in [-0.25, -0.2) is 8.42 Å².